The van der Waals surface area contributed by atoms with E-state index in [4.69, 9.17) is 23.2 Å². The Morgan fingerprint density at radius 2 is 1.91 bits per heavy atom. The highest BCUT2D eigenvalue weighted by atomic mass is 35.5. The zero-order valence-electron chi connectivity index (χ0n) is 12.6. The minimum atomic E-state index is 0.593. The molecule has 0 unspecified atom stereocenters. The molecular weight excluding hydrogens is 317 g/mol. The van der Waals surface area contributed by atoms with Crippen LogP contribution in [-0.2, 0) is 13.1 Å². The van der Waals surface area contributed by atoms with Gasteiger partial charge >= 0.3 is 0 Å². The Balaban J connectivity index is 1.75. The molecule has 0 aliphatic heterocycles. The number of pyridine rings is 1. The van der Waals surface area contributed by atoms with Crippen molar-refractivity contribution in [3.05, 3.63) is 69.6 Å². The van der Waals surface area contributed by atoms with Crippen molar-refractivity contribution in [2.24, 2.45) is 0 Å². The quantitative estimate of drug-likeness (QED) is 0.696. The summed E-state index contributed by atoms with van der Waals surface area (Å²) in [5.41, 5.74) is 4.24. The Kier molecular flexibility index (Phi) is 4.39. The molecule has 0 aliphatic rings. The molecule has 0 N–H and O–H groups in total. The van der Waals surface area contributed by atoms with Gasteiger partial charge in [0.25, 0.3) is 0 Å². The van der Waals surface area contributed by atoms with Crippen molar-refractivity contribution in [2.75, 3.05) is 7.05 Å². The number of hydrogen-bond acceptors (Lipinski definition) is 2. The Hall–Kier alpha value is -1.55. The van der Waals surface area contributed by atoms with E-state index in [-0.39, 0.29) is 0 Å². The van der Waals surface area contributed by atoms with Crippen molar-refractivity contribution >= 4 is 28.8 Å². The second-order valence-corrected chi connectivity index (χ2v) is 6.37. The average Bonchev–Trinajstić information content (AvgIpc) is 2.85. The lowest BCUT2D eigenvalue weighted by molar-refractivity contribution is 0.316. The summed E-state index contributed by atoms with van der Waals surface area (Å²) in [7, 11) is 2.05. The third kappa shape index (κ3) is 3.27. The number of aryl methyl sites for hydroxylation is 1. The predicted octanol–water partition coefficient (Wildman–Crippen LogP) is 4.58. The zero-order valence-corrected chi connectivity index (χ0v) is 14.1. The summed E-state index contributed by atoms with van der Waals surface area (Å²) in [6.45, 7) is 3.56. The van der Waals surface area contributed by atoms with E-state index in [0.29, 0.717) is 10.0 Å². The lowest BCUT2D eigenvalue weighted by Crippen LogP contribution is -2.17. The first kappa shape index (κ1) is 15.3. The van der Waals surface area contributed by atoms with Crippen LogP contribution in [0.3, 0.4) is 0 Å². The second kappa shape index (κ2) is 6.29. The minimum absolute atomic E-state index is 0.593. The number of aromatic nitrogens is 2. The molecular formula is C17H17Cl2N3. The molecule has 2 heterocycles. The molecule has 114 valence electrons. The average molecular weight is 334 g/mol. The van der Waals surface area contributed by atoms with E-state index in [1.165, 1.54) is 5.56 Å². The van der Waals surface area contributed by atoms with E-state index >= 15 is 0 Å². The Morgan fingerprint density at radius 1 is 1.09 bits per heavy atom. The molecule has 0 fully saturated rings. The number of hydrogen-bond donors (Lipinski definition) is 0. The monoisotopic (exact) mass is 333 g/mol. The molecule has 0 saturated carbocycles. The smallest absolute Gasteiger partial charge is 0.137 e. The van der Waals surface area contributed by atoms with Crippen LogP contribution in [0.1, 0.15) is 16.8 Å². The van der Waals surface area contributed by atoms with E-state index in [2.05, 4.69) is 39.7 Å². The molecule has 0 bridgehead atoms. The van der Waals surface area contributed by atoms with Crippen LogP contribution in [0.4, 0.5) is 0 Å². The van der Waals surface area contributed by atoms with Gasteiger partial charge in [-0.15, -0.1) is 0 Å². The van der Waals surface area contributed by atoms with Gasteiger partial charge in [0.1, 0.15) is 5.65 Å². The first-order valence-electron chi connectivity index (χ1n) is 7.08. The van der Waals surface area contributed by atoms with E-state index in [9.17, 15) is 0 Å². The van der Waals surface area contributed by atoms with Crippen LogP contribution >= 0.6 is 23.2 Å². The van der Waals surface area contributed by atoms with Crippen LogP contribution in [0.15, 0.2) is 42.7 Å². The highest BCUT2D eigenvalue weighted by molar-refractivity contribution is 6.42. The first-order valence-corrected chi connectivity index (χ1v) is 7.84. The van der Waals surface area contributed by atoms with Crippen LogP contribution in [0.5, 0.6) is 0 Å². The van der Waals surface area contributed by atoms with Crippen LogP contribution < -0.4 is 0 Å². The molecule has 3 rings (SSSR count). The van der Waals surface area contributed by atoms with Crippen molar-refractivity contribution < 1.29 is 0 Å². The van der Waals surface area contributed by atoms with Gasteiger partial charge in [-0.3, -0.25) is 4.90 Å². The summed E-state index contributed by atoms with van der Waals surface area (Å²) in [5, 5.41) is 1.22. The number of halogens is 2. The molecule has 0 amide bonds. The van der Waals surface area contributed by atoms with Crippen LogP contribution in [0.2, 0.25) is 10.0 Å². The Labute approximate surface area is 140 Å². The molecule has 3 aromatic rings. The largest absolute Gasteiger partial charge is 0.307 e. The molecule has 1 aromatic carbocycles. The molecule has 0 saturated heterocycles. The molecule has 0 aliphatic carbocycles. The lowest BCUT2D eigenvalue weighted by Gasteiger charge is -2.16. The van der Waals surface area contributed by atoms with E-state index in [1.54, 1.807) is 6.07 Å². The number of imidazole rings is 1. The normalized spacial score (nSPS) is 11.5. The summed E-state index contributed by atoms with van der Waals surface area (Å²) in [5.74, 6) is 0. The molecule has 22 heavy (non-hydrogen) atoms. The van der Waals surface area contributed by atoms with Gasteiger partial charge in [-0.2, -0.15) is 0 Å². The van der Waals surface area contributed by atoms with Gasteiger partial charge in [-0.1, -0.05) is 41.4 Å². The fourth-order valence-corrected chi connectivity index (χ4v) is 2.91. The van der Waals surface area contributed by atoms with Gasteiger partial charge < -0.3 is 4.40 Å². The van der Waals surface area contributed by atoms with E-state index in [1.807, 2.05) is 25.2 Å². The summed E-state index contributed by atoms with van der Waals surface area (Å²) in [4.78, 5) is 6.81. The highest BCUT2D eigenvalue weighted by Crippen LogP contribution is 2.26. The molecule has 2 aromatic heterocycles. The van der Waals surface area contributed by atoms with Gasteiger partial charge in [-0.05, 0) is 37.2 Å². The van der Waals surface area contributed by atoms with E-state index in [0.717, 1.165) is 30.0 Å². The molecule has 0 atom stereocenters. The van der Waals surface area contributed by atoms with Crippen molar-refractivity contribution in [2.45, 2.75) is 20.0 Å². The van der Waals surface area contributed by atoms with Crippen molar-refractivity contribution in [1.82, 2.24) is 14.3 Å². The predicted molar refractivity (Wildman–Crippen MR) is 91.6 cm³/mol. The van der Waals surface area contributed by atoms with Crippen molar-refractivity contribution in [1.29, 1.82) is 0 Å². The maximum Gasteiger partial charge on any atom is 0.137 e. The number of fused-ring (bicyclic) bond motifs is 1. The third-order valence-electron chi connectivity index (χ3n) is 3.55. The summed E-state index contributed by atoms with van der Waals surface area (Å²) in [6, 6.07) is 9.83. The maximum absolute atomic E-state index is 6.24. The summed E-state index contributed by atoms with van der Waals surface area (Å²) < 4.78 is 2.06. The maximum atomic E-state index is 6.24. The van der Waals surface area contributed by atoms with Gasteiger partial charge in [0, 0.05) is 25.5 Å². The fourth-order valence-electron chi connectivity index (χ4n) is 2.53. The number of benzene rings is 1. The van der Waals surface area contributed by atoms with Gasteiger partial charge in [-0.25, -0.2) is 4.98 Å². The summed E-state index contributed by atoms with van der Waals surface area (Å²) in [6.07, 6.45) is 4.15. The first-order chi connectivity index (χ1) is 10.5. The SMILES string of the molecule is Cc1ccc2nc(CN(C)Cc3cccc(Cl)c3Cl)cn2c1. The van der Waals surface area contributed by atoms with Crippen molar-refractivity contribution in [3.8, 4) is 0 Å². The topological polar surface area (TPSA) is 20.5 Å². The second-order valence-electron chi connectivity index (χ2n) is 5.59. The van der Waals surface area contributed by atoms with Crippen LogP contribution in [0, 0.1) is 6.92 Å². The zero-order chi connectivity index (χ0) is 15.7. The standard InChI is InChI=1S/C17H17Cl2N3/c1-12-6-7-16-20-14(11-22(16)8-12)10-21(2)9-13-4-3-5-15(18)17(13)19/h3-8,11H,9-10H2,1-2H3. The van der Waals surface area contributed by atoms with E-state index < -0.39 is 0 Å². The van der Waals surface area contributed by atoms with Gasteiger partial charge in [0.05, 0.1) is 15.7 Å². The number of nitrogens with zero attached hydrogens (tertiary/aromatic N) is 3. The van der Waals surface area contributed by atoms with Crippen LogP contribution in [-0.4, -0.2) is 21.3 Å². The molecule has 3 nitrogen and oxygen atoms in total. The number of rotatable bonds is 4. The summed E-state index contributed by atoms with van der Waals surface area (Å²) >= 11 is 12.3. The minimum Gasteiger partial charge on any atom is -0.307 e. The third-order valence-corrected chi connectivity index (χ3v) is 4.41. The highest BCUT2D eigenvalue weighted by Gasteiger charge is 2.09. The van der Waals surface area contributed by atoms with Gasteiger partial charge in [0.15, 0.2) is 0 Å². The van der Waals surface area contributed by atoms with Crippen LogP contribution in [0.25, 0.3) is 5.65 Å². The van der Waals surface area contributed by atoms with Crippen molar-refractivity contribution in [3.63, 3.8) is 0 Å². The molecule has 0 radical (unpaired) electrons. The van der Waals surface area contributed by atoms with Gasteiger partial charge in [0.2, 0.25) is 0 Å². The Morgan fingerprint density at radius 3 is 2.73 bits per heavy atom. The lowest BCUT2D eigenvalue weighted by atomic mass is 10.2. The fraction of sp³-hybridized carbons (Fsp3) is 0.235. The molecule has 5 heteroatoms. The molecule has 0 spiro atoms. The Bertz CT molecular complexity index is 811.